The van der Waals surface area contributed by atoms with Crippen LogP contribution in [0.3, 0.4) is 0 Å². The molecule has 0 saturated heterocycles. The summed E-state index contributed by atoms with van der Waals surface area (Å²) < 4.78 is 37.0. The lowest BCUT2D eigenvalue weighted by atomic mass is 10.1. The van der Waals surface area contributed by atoms with Crippen molar-refractivity contribution in [2.75, 3.05) is 32.8 Å². The van der Waals surface area contributed by atoms with Gasteiger partial charge in [0.1, 0.15) is 11.5 Å². The van der Waals surface area contributed by atoms with E-state index in [2.05, 4.69) is 19.2 Å². The quantitative estimate of drug-likeness (QED) is 0.265. The second kappa shape index (κ2) is 12.6. The predicted molar refractivity (Wildman–Crippen MR) is 122 cm³/mol. The van der Waals surface area contributed by atoms with E-state index in [0.29, 0.717) is 30.3 Å². The predicted octanol–water partition coefficient (Wildman–Crippen LogP) is 6.64. The topological polar surface area (TPSA) is 66.0 Å². The molecule has 166 valence electrons. The highest BCUT2D eigenvalue weighted by Gasteiger charge is 2.39. The second-order valence-corrected chi connectivity index (χ2v) is 9.05. The van der Waals surface area contributed by atoms with E-state index in [9.17, 15) is 4.57 Å². The summed E-state index contributed by atoms with van der Waals surface area (Å²) in [4.78, 5) is 0. The maximum Gasteiger partial charge on any atom is 0.357 e. The lowest BCUT2D eigenvalue weighted by Gasteiger charge is -2.30. The third-order valence-corrected chi connectivity index (χ3v) is 6.79. The fourth-order valence-electron chi connectivity index (χ4n) is 2.93. The first-order valence-electron chi connectivity index (χ1n) is 10.5. The van der Waals surface area contributed by atoms with Crippen LogP contribution < -0.4 is 14.8 Å². The number of rotatable bonds is 14. The summed E-state index contributed by atoms with van der Waals surface area (Å²) in [5.74, 6) is 0.473. The summed E-state index contributed by atoms with van der Waals surface area (Å²) >= 11 is 0. The molecule has 0 unspecified atom stereocenters. The van der Waals surface area contributed by atoms with E-state index in [1.807, 2.05) is 42.5 Å². The van der Waals surface area contributed by atoms with E-state index >= 15 is 0 Å². The van der Waals surface area contributed by atoms with Crippen molar-refractivity contribution in [3.8, 4) is 11.5 Å². The van der Waals surface area contributed by atoms with Crippen LogP contribution in [0, 0.1) is 0 Å². The molecule has 2 aromatic rings. The molecule has 1 N–H and O–H groups in total. The summed E-state index contributed by atoms with van der Waals surface area (Å²) in [6.45, 7) is 4.85. The molecule has 0 spiro atoms. The molecular formula is C23H34NO5P. The standard InChI is InChI=1S/C23H34NO5P/c1-5-7-16-28-30(25,29-17-8-6-2)23(24-19-12-10-9-11-13-19)21-18-20(26-3)14-15-22(21)27-4/h9-15,18,23-24H,5-8,16-17H2,1-4H3/t23-/m0/s1. The van der Waals surface area contributed by atoms with Gasteiger partial charge in [0, 0.05) is 11.3 Å². The van der Waals surface area contributed by atoms with Gasteiger partial charge in [0.25, 0.3) is 0 Å². The van der Waals surface area contributed by atoms with E-state index in [-0.39, 0.29) is 0 Å². The van der Waals surface area contributed by atoms with Crippen LogP contribution in [0.4, 0.5) is 5.69 Å². The van der Waals surface area contributed by atoms with Crippen molar-refractivity contribution in [3.05, 3.63) is 54.1 Å². The van der Waals surface area contributed by atoms with Crippen molar-refractivity contribution in [3.63, 3.8) is 0 Å². The highest BCUT2D eigenvalue weighted by Crippen LogP contribution is 2.62. The van der Waals surface area contributed by atoms with Gasteiger partial charge in [0.15, 0.2) is 5.78 Å². The van der Waals surface area contributed by atoms with Gasteiger partial charge in [-0.05, 0) is 43.2 Å². The number of benzene rings is 2. The lowest BCUT2D eigenvalue weighted by Crippen LogP contribution is -2.17. The zero-order valence-electron chi connectivity index (χ0n) is 18.4. The number of methoxy groups -OCH3 is 2. The van der Waals surface area contributed by atoms with Crippen LogP contribution in [0.25, 0.3) is 0 Å². The van der Waals surface area contributed by atoms with Crippen LogP contribution in [0.1, 0.15) is 50.9 Å². The minimum absolute atomic E-state index is 0.360. The highest BCUT2D eigenvalue weighted by atomic mass is 31.2. The largest absolute Gasteiger partial charge is 0.497 e. The second-order valence-electron chi connectivity index (χ2n) is 6.93. The Labute approximate surface area is 180 Å². The number of ether oxygens (including phenoxy) is 2. The molecule has 6 nitrogen and oxygen atoms in total. The number of hydrogen-bond donors (Lipinski definition) is 1. The van der Waals surface area contributed by atoms with Crippen LogP contribution in [-0.2, 0) is 13.6 Å². The molecule has 0 heterocycles. The van der Waals surface area contributed by atoms with Crippen molar-refractivity contribution < 1.29 is 23.1 Å². The molecule has 0 aliphatic rings. The van der Waals surface area contributed by atoms with Gasteiger partial charge in [-0.25, -0.2) is 0 Å². The first-order valence-corrected chi connectivity index (χ1v) is 12.1. The molecular weight excluding hydrogens is 401 g/mol. The van der Waals surface area contributed by atoms with Gasteiger partial charge in [0.05, 0.1) is 27.4 Å². The minimum atomic E-state index is -3.59. The molecule has 0 fully saturated rings. The average Bonchev–Trinajstić information content (AvgIpc) is 2.78. The fraction of sp³-hybridized carbons (Fsp3) is 0.478. The number of para-hydroxylation sites is 1. The smallest absolute Gasteiger partial charge is 0.357 e. The molecule has 1 atom stereocenters. The summed E-state index contributed by atoms with van der Waals surface area (Å²) in [5.41, 5.74) is 1.47. The van der Waals surface area contributed by atoms with Gasteiger partial charge in [0.2, 0.25) is 0 Å². The zero-order chi connectivity index (χ0) is 21.8. The minimum Gasteiger partial charge on any atom is -0.497 e. The Morgan fingerprint density at radius 3 is 2.07 bits per heavy atom. The summed E-state index contributed by atoms with van der Waals surface area (Å²) in [6, 6.07) is 15.0. The number of nitrogens with one attached hydrogen (secondary N) is 1. The van der Waals surface area contributed by atoms with Crippen LogP contribution in [0.5, 0.6) is 11.5 Å². The average molecular weight is 436 g/mol. The third-order valence-electron chi connectivity index (χ3n) is 4.66. The zero-order valence-corrected chi connectivity index (χ0v) is 19.3. The molecule has 0 radical (unpaired) electrons. The highest BCUT2D eigenvalue weighted by molar-refractivity contribution is 7.54. The molecule has 0 aromatic heterocycles. The van der Waals surface area contributed by atoms with Crippen LogP contribution in [0.2, 0.25) is 0 Å². The van der Waals surface area contributed by atoms with Crippen LogP contribution in [0.15, 0.2) is 48.5 Å². The van der Waals surface area contributed by atoms with E-state index in [0.717, 1.165) is 31.4 Å². The van der Waals surface area contributed by atoms with Gasteiger partial charge in [-0.2, -0.15) is 0 Å². The Morgan fingerprint density at radius 1 is 0.900 bits per heavy atom. The number of hydrogen-bond acceptors (Lipinski definition) is 6. The normalized spacial score (nSPS) is 12.4. The Morgan fingerprint density at radius 2 is 1.53 bits per heavy atom. The van der Waals surface area contributed by atoms with E-state index in [4.69, 9.17) is 18.5 Å². The lowest BCUT2D eigenvalue weighted by molar-refractivity contribution is 0.194. The maximum absolute atomic E-state index is 14.1. The van der Waals surface area contributed by atoms with Crippen molar-refractivity contribution >= 4 is 13.3 Å². The Balaban J connectivity index is 2.52. The SMILES string of the molecule is CCCCOP(=O)(OCCCC)[C@H](Nc1ccccc1)c1cc(OC)ccc1OC. The van der Waals surface area contributed by atoms with Crippen molar-refractivity contribution in [2.45, 2.75) is 45.3 Å². The van der Waals surface area contributed by atoms with E-state index in [1.165, 1.54) is 0 Å². The Hall–Kier alpha value is -2.01. The molecule has 30 heavy (non-hydrogen) atoms. The Bertz CT molecular complexity index is 785. The first kappa shape index (κ1) is 24.3. The van der Waals surface area contributed by atoms with E-state index in [1.54, 1.807) is 20.3 Å². The van der Waals surface area contributed by atoms with Crippen molar-refractivity contribution in [2.24, 2.45) is 0 Å². The van der Waals surface area contributed by atoms with Crippen LogP contribution >= 0.6 is 7.60 Å². The summed E-state index contributed by atoms with van der Waals surface area (Å²) in [7, 11) is -0.407. The monoisotopic (exact) mass is 435 g/mol. The molecule has 2 rings (SSSR count). The van der Waals surface area contributed by atoms with Gasteiger partial charge in [-0.3, -0.25) is 4.57 Å². The first-order chi connectivity index (χ1) is 14.6. The number of unbranched alkanes of at least 4 members (excludes halogenated alkanes) is 2. The van der Waals surface area contributed by atoms with Gasteiger partial charge in [-0.1, -0.05) is 44.9 Å². The number of anilines is 1. The molecule has 0 saturated carbocycles. The van der Waals surface area contributed by atoms with Crippen LogP contribution in [-0.4, -0.2) is 27.4 Å². The maximum atomic E-state index is 14.1. The third kappa shape index (κ3) is 6.76. The Kier molecular flexibility index (Phi) is 10.2. The fourth-order valence-corrected chi connectivity index (χ4v) is 4.92. The van der Waals surface area contributed by atoms with Gasteiger partial charge >= 0.3 is 7.60 Å². The molecule has 7 heteroatoms. The molecule has 0 aliphatic carbocycles. The molecule has 2 aromatic carbocycles. The van der Waals surface area contributed by atoms with Gasteiger partial charge < -0.3 is 23.8 Å². The molecule has 0 amide bonds. The molecule has 0 aliphatic heterocycles. The van der Waals surface area contributed by atoms with Crippen molar-refractivity contribution in [1.29, 1.82) is 0 Å². The summed E-state index contributed by atoms with van der Waals surface area (Å²) in [5, 5.41) is 3.37. The van der Waals surface area contributed by atoms with Gasteiger partial charge in [-0.15, -0.1) is 0 Å². The molecule has 0 bridgehead atoms. The van der Waals surface area contributed by atoms with Crippen molar-refractivity contribution in [1.82, 2.24) is 0 Å². The van der Waals surface area contributed by atoms with E-state index < -0.39 is 13.4 Å². The summed E-state index contributed by atoms with van der Waals surface area (Å²) in [6.07, 6.45) is 3.48.